The van der Waals surface area contributed by atoms with Gasteiger partial charge in [0.1, 0.15) is 12.2 Å². The third-order valence-corrected chi connectivity index (χ3v) is 5.20. The molecule has 0 spiro atoms. The predicted molar refractivity (Wildman–Crippen MR) is 89.1 cm³/mol. The Morgan fingerprint density at radius 2 is 1.59 bits per heavy atom. The van der Waals surface area contributed by atoms with E-state index in [9.17, 15) is 19.5 Å². The molecule has 1 atom stereocenters. The number of amides is 3. The van der Waals surface area contributed by atoms with Gasteiger partial charge in [-0.05, 0) is 24.6 Å². The lowest BCUT2D eigenvalue weighted by Gasteiger charge is -2.46. The molecule has 0 saturated heterocycles. The summed E-state index contributed by atoms with van der Waals surface area (Å²) in [6.07, 6.45) is 2.71. The van der Waals surface area contributed by atoms with E-state index in [0.717, 1.165) is 16.1 Å². The van der Waals surface area contributed by atoms with Gasteiger partial charge in [-0.1, -0.05) is 6.07 Å². The van der Waals surface area contributed by atoms with Crippen LogP contribution >= 0.6 is 0 Å². The quantitative estimate of drug-likeness (QED) is 0.781. The molecule has 0 aromatic heterocycles. The summed E-state index contributed by atoms with van der Waals surface area (Å²) in [5, 5.41) is 22.8. The SMILES string of the molecule is O=C1c2ccc3c4c(ccc(c24)C(=O)N1CCCO)C1([O-])OC=CN1C3=O. The van der Waals surface area contributed by atoms with Crippen molar-refractivity contribution in [3.05, 3.63) is 59.0 Å². The topological polar surface area (TPSA) is 110 Å². The molecule has 3 aliphatic heterocycles. The van der Waals surface area contributed by atoms with Crippen molar-refractivity contribution in [3.8, 4) is 0 Å². The maximum atomic E-state index is 13.2. The highest BCUT2D eigenvalue weighted by Crippen LogP contribution is 2.44. The van der Waals surface area contributed by atoms with E-state index in [1.54, 1.807) is 0 Å². The number of ether oxygens (including phenoxy) is 1. The molecule has 3 aliphatic rings. The van der Waals surface area contributed by atoms with Gasteiger partial charge >= 0.3 is 0 Å². The van der Waals surface area contributed by atoms with Crippen LogP contribution in [0.3, 0.4) is 0 Å². The zero-order valence-corrected chi connectivity index (χ0v) is 14.0. The largest absolute Gasteiger partial charge is 0.797 e. The number of benzene rings is 2. The number of carbonyl (C=O) groups excluding carboxylic acids is 3. The summed E-state index contributed by atoms with van der Waals surface area (Å²) in [5.41, 5.74) is 0.932. The van der Waals surface area contributed by atoms with Gasteiger partial charge in [0.25, 0.3) is 17.7 Å². The van der Waals surface area contributed by atoms with Crippen molar-refractivity contribution in [2.24, 2.45) is 0 Å². The summed E-state index contributed by atoms with van der Waals surface area (Å²) in [6.45, 7) is -0.0611. The normalized spacial score (nSPS) is 22.5. The number of aliphatic hydroxyl groups excluding tert-OH is 1. The molecule has 136 valence electrons. The fourth-order valence-corrected chi connectivity index (χ4v) is 3.97. The molecular formula is C19H13N2O6-. The van der Waals surface area contributed by atoms with Crippen LogP contribution in [0, 0.1) is 0 Å². The third-order valence-electron chi connectivity index (χ3n) is 5.20. The van der Waals surface area contributed by atoms with Crippen LogP contribution in [0.15, 0.2) is 36.7 Å². The van der Waals surface area contributed by atoms with Crippen LogP contribution in [0.5, 0.6) is 0 Å². The second kappa shape index (κ2) is 5.15. The molecule has 8 nitrogen and oxygen atoms in total. The molecule has 0 bridgehead atoms. The minimum Gasteiger partial charge on any atom is -0.797 e. The number of hydrogen-bond donors (Lipinski definition) is 1. The van der Waals surface area contributed by atoms with E-state index < -0.39 is 23.6 Å². The molecule has 27 heavy (non-hydrogen) atoms. The van der Waals surface area contributed by atoms with E-state index in [4.69, 9.17) is 9.84 Å². The van der Waals surface area contributed by atoms with Gasteiger partial charge in [-0.25, -0.2) is 0 Å². The predicted octanol–water partition coefficient (Wildman–Crippen LogP) is 0.246. The van der Waals surface area contributed by atoms with Gasteiger partial charge < -0.3 is 14.9 Å². The molecule has 8 heteroatoms. The Hall–Kier alpha value is -3.23. The highest BCUT2D eigenvalue weighted by Gasteiger charge is 2.44. The minimum absolute atomic E-state index is 0.0871. The Morgan fingerprint density at radius 3 is 2.26 bits per heavy atom. The third kappa shape index (κ3) is 1.80. The maximum Gasteiger partial charge on any atom is 0.261 e. The zero-order chi connectivity index (χ0) is 18.9. The summed E-state index contributed by atoms with van der Waals surface area (Å²) < 4.78 is 5.18. The number of aliphatic hydroxyl groups is 1. The van der Waals surface area contributed by atoms with Crippen LogP contribution in [-0.4, -0.2) is 45.8 Å². The number of rotatable bonds is 3. The molecule has 3 amide bonds. The average molecular weight is 365 g/mol. The van der Waals surface area contributed by atoms with Crippen LogP contribution in [0.25, 0.3) is 10.8 Å². The number of hydrogen-bond acceptors (Lipinski definition) is 6. The molecule has 0 aliphatic carbocycles. The summed E-state index contributed by atoms with van der Waals surface area (Å²) in [4.78, 5) is 40.5. The number of fused-ring (bicyclic) bond motifs is 2. The first kappa shape index (κ1) is 16.0. The fraction of sp³-hybridized carbons (Fsp3) is 0.211. The molecular weight excluding hydrogens is 352 g/mol. The lowest BCUT2D eigenvalue weighted by molar-refractivity contribution is -0.584. The van der Waals surface area contributed by atoms with E-state index in [0.29, 0.717) is 5.39 Å². The molecule has 1 N–H and O–H groups in total. The second-order valence-electron chi connectivity index (χ2n) is 6.57. The Balaban J connectivity index is 1.81. The van der Waals surface area contributed by atoms with Crippen molar-refractivity contribution in [1.82, 2.24) is 9.80 Å². The van der Waals surface area contributed by atoms with Gasteiger partial charge in [0, 0.05) is 52.4 Å². The van der Waals surface area contributed by atoms with E-state index in [2.05, 4.69) is 0 Å². The van der Waals surface area contributed by atoms with Crippen LogP contribution in [0.4, 0.5) is 0 Å². The smallest absolute Gasteiger partial charge is 0.261 e. The molecule has 3 heterocycles. The molecule has 1 unspecified atom stereocenters. The van der Waals surface area contributed by atoms with Gasteiger partial charge in [-0.2, -0.15) is 0 Å². The lowest BCUT2D eigenvalue weighted by atomic mass is 9.85. The standard InChI is InChI=1S/C19H13N2O6/c22-8-1-6-20-16(23)10-2-3-12-15-13(5-4-11(14(10)15)17(20)24)19(26)21(18(12)25)7-9-27-19/h2-5,7,9,22H,1,6,8H2/q-1. The van der Waals surface area contributed by atoms with Gasteiger partial charge in [0.15, 0.2) is 0 Å². The van der Waals surface area contributed by atoms with Crippen molar-refractivity contribution < 1.29 is 29.3 Å². The molecule has 0 radical (unpaired) electrons. The number of nitrogens with zero attached hydrogens (tertiary/aromatic N) is 2. The van der Waals surface area contributed by atoms with Crippen LogP contribution < -0.4 is 5.11 Å². The van der Waals surface area contributed by atoms with Gasteiger partial charge in [-0.3, -0.25) is 24.2 Å². The minimum atomic E-state index is -2.25. The Labute approximate surface area is 152 Å². The van der Waals surface area contributed by atoms with Crippen LogP contribution in [0.2, 0.25) is 0 Å². The monoisotopic (exact) mass is 365 g/mol. The summed E-state index contributed by atoms with van der Waals surface area (Å²) in [7, 11) is 0. The number of imide groups is 1. The van der Waals surface area contributed by atoms with Crippen LogP contribution in [0.1, 0.15) is 43.1 Å². The Bertz CT molecular complexity index is 1070. The number of carbonyl (C=O) groups is 3. The first-order valence-electron chi connectivity index (χ1n) is 8.45. The van der Waals surface area contributed by atoms with Gasteiger partial charge in [-0.15, -0.1) is 0 Å². The van der Waals surface area contributed by atoms with E-state index in [1.165, 1.54) is 30.5 Å². The van der Waals surface area contributed by atoms with Crippen molar-refractivity contribution in [3.63, 3.8) is 0 Å². The maximum absolute atomic E-state index is 13.2. The lowest BCUT2D eigenvalue weighted by Crippen LogP contribution is -2.57. The first-order valence-corrected chi connectivity index (χ1v) is 8.45. The highest BCUT2D eigenvalue weighted by atomic mass is 16.7. The Kier molecular flexibility index (Phi) is 3.05. The molecule has 2 aromatic carbocycles. The van der Waals surface area contributed by atoms with Crippen molar-refractivity contribution in [2.45, 2.75) is 12.3 Å². The molecule has 2 aromatic rings. The van der Waals surface area contributed by atoms with E-state index in [-0.39, 0.29) is 47.2 Å². The average Bonchev–Trinajstić information content (AvgIpc) is 3.07. The second-order valence-corrected chi connectivity index (χ2v) is 6.57. The van der Waals surface area contributed by atoms with Crippen LogP contribution in [-0.2, 0) is 10.6 Å². The van der Waals surface area contributed by atoms with Crippen molar-refractivity contribution >= 4 is 28.5 Å². The molecule has 5 rings (SSSR count). The summed E-state index contributed by atoms with van der Waals surface area (Å²) in [6, 6.07) is 5.96. The highest BCUT2D eigenvalue weighted by molar-refractivity contribution is 6.28. The van der Waals surface area contributed by atoms with Crippen molar-refractivity contribution in [1.29, 1.82) is 0 Å². The first-order chi connectivity index (χ1) is 13.0. The molecule has 0 fully saturated rings. The zero-order valence-electron chi connectivity index (χ0n) is 14.0. The summed E-state index contributed by atoms with van der Waals surface area (Å²) >= 11 is 0. The fourth-order valence-electron chi connectivity index (χ4n) is 3.97. The van der Waals surface area contributed by atoms with E-state index in [1.807, 2.05) is 0 Å². The molecule has 0 saturated carbocycles. The van der Waals surface area contributed by atoms with Gasteiger partial charge in [0.2, 0.25) is 0 Å². The van der Waals surface area contributed by atoms with E-state index >= 15 is 0 Å². The summed E-state index contributed by atoms with van der Waals surface area (Å²) in [5.74, 6) is -3.81. The van der Waals surface area contributed by atoms with Gasteiger partial charge in [0.05, 0.1) is 0 Å². The Morgan fingerprint density at radius 1 is 0.963 bits per heavy atom. The van der Waals surface area contributed by atoms with Crippen molar-refractivity contribution in [2.75, 3.05) is 13.2 Å².